The summed E-state index contributed by atoms with van der Waals surface area (Å²) >= 11 is 17.4. The summed E-state index contributed by atoms with van der Waals surface area (Å²) < 4.78 is 1.58. The Hall–Kier alpha value is -1.30. The molecule has 1 aromatic carbocycles. The maximum Gasteiger partial charge on any atom is 0.193 e. The van der Waals surface area contributed by atoms with Gasteiger partial charge >= 0.3 is 0 Å². The van der Waals surface area contributed by atoms with E-state index in [1.165, 1.54) is 0 Å². The minimum absolute atomic E-state index is 0.219. The van der Waals surface area contributed by atoms with Crippen LogP contribution in [0.15, 0.2) is 18.2 Å². The molecule has 7 heteroatoms. The van der Waals surface area contributed by atoms with E-state index in [4.69, 9.17) is 41.2 Å². The van der Waals surface area contributed by atoms with E-state index in [0.29, 0.717) is 10.0 Å². The molecule has 2 heterocycles. The highest BCUT2D eigenvalue weighted by Crippen LogP contribution is 2.36. The number of anilines is 1. The number of aromatic nitrogens is 2. The van der Waals surface area contributed by atoms with E-state index in [-0.39, 0.29) is 5.11 Å². The van der Waals surface area contributed by atoms with Gasteiger partial charge < -0.3 is 11.1 Å². The standard InChI is InChI=1S/C14H14Cl2N4S/c15-8-4-5-9(11(16)7-8)12-10-3-1-2-6-18-13(10)20(19-12)14(17)21/h4-5,7,18H,1-3,6H2,(H2,17,21). The molecule has 110 valence electrons. The van der Waals surface area contributed by atoms with Gasteiger partial charge in [0.2, 0.25) is 0 Å². The van der Waals surface area contributed by atoms with Crippen molar-refractivity contribution >= 4 is 46.4 Å². The lowest BCUT2D eigenvalue weighted by atomic mass is 10.0. The van der Waals surface area contributed by atoms with Crippen LogP contribution in [0, 0.1) is 0 Å². The van der Waals surface area contributed by atoms with Gasteiger partial charge in [-0.3, -0.25) is 0 Å². The summed E-state index contributed by atoms with van der Waals surface area (Å²) in [6, 6.07) is 5.40. The van der Waals surface area contributed by atoms with Crippen LogP contribution in [0.2, 0.25) is 10.0 Å². The number of hydrogen-bond acceptors (Lipinski definition) is 3. The number of rotatable bonds is 1. The Morgan fingerprint density at radius 3 is 2.86 bits per heavy atom. The minimum atomic E-state index is 0.219. The summed E-state index contributed by atoms with van der Waals surface area (Å²) in [5.41, 5.74) is 8.54. The molecule has 1 aliphatic heterocycles. The van der Waals surface area contributed by atoms with Crippen molar-refractivity contribution in [3.63, 3.8) is 0 Å². The molecule has 0 fully saturated rings. The Balaban J connectivity index is 2.20. The van der Waals surface area contributed by atoms with Gasteiger partial charge in [-0.1, -0.05) is 23.2 Å². The quantitative estimate of drug-likeness (QED) is 0.777. The first kappa shape index (κ1) is 14.6. The second kappa shape index (κ2) is 5.83. The number of benzene rings is 1. The molecule has 0 saturated heterocycles. The molecule has 0 saturated carbocycles. The van der Waals surface area contributed by atoms with E-state index in [2.05, 4.69) is 10.4 Å². The van der Waals surface area contributed by atoms with Crippen molar-refractivity contribution in [3.8, 4) is 11.3 Å². The second-order valence-corrected chi connectivity index (χ2v) is 6.20. The van der Waals surface area contributed by atoms with Crippen LogP contribution in [-0.2, 0) is 6.42 Å². The Labute approximate surface area is 138 Å². The first-order valence-corrected chi connectivity index (χ1v) is 7.85. The smallest absolute Gasteiger partial charge is 0.193 e. The van der Waals surface area contributed by atoms with Crippen LogP contribution in [0.25, 0.3) is 11.3 Å². The summed E-state index contributed by atoms with van der Waals surface area (Å²) in [7, 11) is 0. The average Bonchev–Trinajstić information content (AvgIpc) is 2.63. The highest BCUT2D eigenvalue weighted by Gasteiger charge is 2.23. The summed E-state index contributed by atoms with van der Waals surface area (Å²) in [4.78, 5) is 0. The molecule has 0 unspecified atom stereocenters. The Morgan fingerprint density at radius 1 is 1.33 bits per heavy atom. The minimum Gasteiger partial charge on any atom is -0.374 e. The van der Waals surface area contributed by atoms with Crippen LogP contribution in [0.3, 0.4) is 0 Å². The summed E-state index contributed by atoms with van der Waals surface area (Å²) in [5.74, 6) is 0.876. The first-order valence-electron chi connectivity index (χ1n) is 6.69. The molecule has 0 atom stereocenters. The fourth-order valence-electron chi connectivity index (χ4n) is 2.56. The Morgan fingerprint density at radius 2 is 2.14 bits per heavy atom. The van der Waals surface area contributed by atoms with Crippen LogP contribution < -0.4 is 11.1 Å². The van der Waals surface area contributed by atoms with Crippen LogP contribution >= 0.6 is 35.4 Å². The van der Waals surface area contributed by atoms with E-state index >= 15 is 0 Å². The maximum atomic E-state index is 6.32. The monoisotopic (exact) mass is 340 g/mol. The van der Waals surface area contributed by atoms with Gasteiger partial charge in [0.05, 0.1) is 10.7 Å². The Kier molecular flexibility index (Phi) is 4.06. The van der Waals surface area contributed by atoms with Crippen molar-refractivity contribution in [2.45, 2.75) is 19.3 Å². The van der Waals surface area contributed by atoms with Crippen LogP contribution in [0.5, 0.6) is 0 Å². The second-order valence-electron chi connectivity index (χ2n) is 4.93. The highest BCUT2D eigenvalue weighted by atomic mass is 35.5. The number of nitrogens with zero attached hydrogens (tertiary/aromatic N) is 2. The Bertz CT molecular complexity index is 711. The van der Waals surface area contributed by atoms with Crippen LogP contribution in [0.4, 0.5) is 5.82 Å². The third kappa shape index (κ3) is 2.73. The molecule has 1 aromatic heterocycles. The predicted molar refractivity (Wildman–Crippen MR) is 91.3 cm³/mol. The molecule has 3 rings (SSSR count). The van der Waals surface area contributed by atoms with Gasteiger partial charge in [0.15, 0.2) is 5.11 Å². The van der Waals surface area contributed by atoms with E-state index in [1.807, 2.05) is 6.07 Å². The molecule has 1 aliphatic rings. The molecule has 4 nitrogen and oxygen atoms in total. The molecular weight excluding hydrogens is 327 g/mol. The molecule has 0 radical (unpaired) electrons. The van der Waals surface area contributed by atoms with Gasteiger partial charge in [0.1, 0.15) is 5.82 Å². The lowest BCUT2D eigenvalue weighted by Gasteiger charge is -2.06. The summed E-state index contributed by atoms with van der Waals surface area (Å²) in [6.45, 7) is 0.884. The zero-order chi connectivity index (χ0) is 15.0. The number of nitrogens with one attached hydrogen (secondary N) is 1. The summed E-state index contributed by atoms with van der Waals surface area (Å²) in [5, 5.41) is 9.30. The molecular formula is C14H14Cl2N4S. The van der Waals surface area contributed by atoms with Crippen LogP contribution in [-0.4, -0.2) is 21.4 Å². The molecule has 21 heavy (non-hydrogen) atoms. The zero-order valence-corrected chi connectivity index (χ0v) is 13.5. The molecule has 0 bridgehead atoms. The van der Waals surface area contributed by atoms with E-state index in [9.17, 15) is 0 Å². The molecule has 0 amide bonds. The van der Waals surface area contributed by atoms with Crippen molar-refractivity contribution in [1.82, 2.24) is 9.78 Å². The topological polar surface area (TPSA) is 55.9 Å². The number of halogens is 2. The molecule has 3 N–H and O–H groups in total. The van der Waals surface area contributed by atoms with Gasteiger partial charge in [-0.05, 0) is 49.7 Å². The summed E-state index contributed by atoms with van der Waals surface area (Å²) in [6.07, 6.45) is 3.10. The fourth-order valence-corrected chi connectivity index (χ4v) is 3.19. The largest absolute Gasteiger partial charge is 0.374 e. The van der Waals surface area contributed by atoms with Crippen molar-refractivity contribution in [2.24, 2.45) is 5.73 Å². The van der Waals surface area contributed by atoms with E-state index < -0.39 is 0 Å². The van der Waals surface area contributed by atoms with E-state index in [0.717, 1.165) is 48.4 Å². The molecule has 0 aliphatic carbocycles. The van der Waals surface area contributed by atoms with Crippen molar-refractivity contribution < 1.29 is 0 Å². The molecule has 0 spiro atoms. The van der Waals surface area contributed by atoms with Gasteiger partial charge in [0, 0.05) is 22.7 Å². The lowest BCUT2D eigenvalue weighted by Crippen LogP contribution is -2.22. The number of thiocarbonyl (C=S) groups is 1. The van der Waals surface area contributed by atoms with Gasteiger partial charge in [-0.25, -0.2) is 0 Å². The fraction of sp³-hybridized carbons (Fsp3) is 0.286. The third-order valence-corrected chi connectivity index (χ3v) is 4.25. The number of hydrogen-bond donors (Lipinski definition) is 2. The SMILES string of the molecule is NC(=S)n1nc(-c2ccc(Cl)cc2Cl)c2c1NCCCC2. The lowest BCUT2D eigenvalue weighted by molar-refractivity contribution is 0.782. The van der Waals surface area contributed by atoms with Gasteiger partial charge in [-0.15, -0.1) is 0 Å². The normalized spacial score (nSPS) is 14.2. The third-order valence-electron chi connectivity index (χ3n) is 3.52. The van der Waals surface area contributed by atoms with Crippen molar-refractivity contribution in [3.05, 3.63) is 33.8 Å². The van der Waals surface area contributed by atoms with Gasteiger partial charge in [-0.2, -0.15) is 9.78 Å². The predicted octanol–water partition coefficient (Wildman–Crippen LogP) is 3.70. The van der Waals surface area contributed by atoms with Crippen LogP contribution in [0.1, 0.15) is 18.4 Å². The van der Waals surface area contributed by atoms with Crippen molar-refractivity contribution in [2.75, 3.05) is 11.9 Å². The first-order chi connectivity index (χ1) is 10.1. The average molecular weight is 341 g/mol. The van der Waals surface area contributed by atoms with E-state index in [1.54, 1.807) is 16.8 Å². The molecule has 2 aromatic rings. The number of fused-ring (bicyclic) bond motifs is 1. The van der Waals surface area contributed by atoms with Crippen molar-refractivity contribution in [1.29, 1.82) is 0 Å². The maximum absolute atomic E-state index is 6.32. The zero-order valence-electron chi connectivity index (χ0n) is 11.2. The van der Waals surface area contributed by atoms with Gasteiger partial charge in [0.25, 0.3) is 0 Å². The number of nitrogens with two attached hydrogens (primary N) is 1. The highest BCUT2D eigenvalue weighted by molar-refractivity contribution is 7.80.